The molecule has 0 aliphatic carbocycles. The second-order valence-corrected chi connectivity index (χ2v) is 6.20. The Hall–Kier alpha value is -3.02. The molecule has 2 N–H and O–H groups in total. The molecule has 3 aromatic rings. The van der Waals surface area contributed by atoms with E-state index in [0.717, 1.165) is 29.1 Å². The third-order valence-electron chi connectivity index (χ3n) is 4.19. The Balaban J connectivity index is 1.54. The second-order valence-electron chi connectivity index (χ2n) is 6.20. The highest BCUT2D eigenvalue weighted by Gasteiger charge is 2.06. The molecule has 6 nitrogen and oxygen atoms in total. The van der Waals surface area contributed by atoms with Crippen LogP contribution in [0.1, 0.15) is 24.3 Å². The van der Waals surface area contributed by atoms with Crippen LogP contribution in [-0.4, -0.2) is 30.6 Å². The highest BCUT2D eigenvalue weighted by Crippen LogP contribution is 2.24. The van der Waals surface area contributed by atoms with Crippen LogP contribution in [0.15, 0.2) is 51.9 Å². The van der Waals surface area contributed by atoms with Crippen molar-refractivity contribution in [3.05, 3.63) is 59.8 Å². The van der Waals surface area contributed by atoms with Crippen LogP contribution >= 0.6 is 0 Å². The van der Waals surface area contributed by atoms with Crippen molar-refractivity contribution < 1.29 is 9.15 Å². The van der Waals surface area contributed by atoms with E-state index in [-0.39, 0.29) is 0 Å². The van der Waals surface area contributed by atoms with Gasteiger partial charge in [0.25, 0.3) is 0 Å². The molecule has 0 saturated heterocycles. The quantitative estimate of drug-likeness (QED) is 0.380. The molecule has 0 spiro atoms. The SMILES string of the molecule is CCNC(=NCc1nc(C)c(C)o1)NCCOc1cccc2ccccc12. The minimum Gasteiger partial charge on any atom is -0.491 e. The standard InChI is InChI=1S/C21H26N4O2/c1-4-22-21(24-14-20-25-15(2)16(3)27-20)23-12-13-26-19-11-7-9-17-8-5-6-10-18(17)19/h5-11H,4,12-14H2,1-3H3,(H2,22,23,24). The van der Waals surface area contributed by atoms with Crippen molar-refractivity contribution in [1.29, 1.82) is 0 Å². The first-order chi connectivity index (χ1) is 13.2. The van der Waals surface area contributed by atoms with Gasteiger partial charge in [-0.05, 0) is 32.2 Å². The van der Waals surface area contributed by atoms with Gasteiger partial charge in [-0.1, -0.05) is 36.4 Å². The van der Waals surface area contributed by atoms with Crippen LogP contribution in [0.2, 0.25) is 0 Å². The lowest BCUT2D eigenvalue weighted by Gasteiger charge is -2.13. The number of guanidine groups is 1. The molecule has 3 rings (SSSR count). The van der Waals surface area contributed by atoms with E-state index >= 15 is 0 Å². The number of aromatic nitrogens is 1. The summed E-state index contributed by atoms with van der Waals surface area (Å²) >= 11 is 0. The van der Waals surface area contributed by atoms with E-state index in [1.165, 1.54) is 5.39 Å². The molecule has 0 unspecified atom stereocenters. The third kappa shape index (κ3) is 5.00. The van der Waals surface area contributed by atoms with Crippen LogP contribution in [-0.2, 0) is 6.54 Å². The molecule has 0 saturated carbocycles. The summed E-state index contributed by atoms with van der Waals surface area (Å²) in [7, 11) is 0. The third-order valence-corrected chi connectivity index (χ3v) is 4.19. The molecule has 0 bridgehead atoms. The maximum Gasteiger partial charge on any atom is 0.216 e. The Morgan fingerprint density at radius 3 is 2.70 bits per heavy atom. The Morgan fingerprint density at radius 2 is 1.93 bits per heavy atom. The predicted octanol–water partition coefficient (Wildman–Crippen LogP) is 3.58. The van der Waals surface area contributed by atoms with E-state index in [9.17, 15) is 0 Å². The van der Waals surface area contributed by atoms with Gasteiger partial charge in [-0.25, -0.2) is 9.98 Å². The highest BCUT2D eigenvalue weighted by molar-refractivity contribution is 5.88. The fourth-order valence-electron chi connectivity index (χ4n) is 2.75. The maximum absolute atomic E-state index is 5.95. The fraction of sp³-hybridized carbons (Fsp3) is 0.333. The Morgan fingerprint density at radius 1 is 1.11 bits per heavy atom. The van der Waals surface area contributed by atoms with Crippen molar-refractivity contribution in [2.45, 2.75) is 27.3 Å². The lowest BCUT2D eigenvalue weighted by molar-refractivity contribution is 0.325. The van der Waals surface area contributed by atoms with Gasteiger partial charge in [0, 0.05) is 11.9 Å². The largest absolute Gasteiger partial charge is 0.491 e. The van der Waals surface area contributed by atoms with Crippen molar-refractivity contribution in [3.8, 4) is 5.75 Å². The number of hydrogen-bond donors (Lipinski definition) is 2. The molecule has 6 heteroatoms. The van der Waals surface area contributed by atoms with Crippen LogP contribution < -0.4 is 15.4 Å². The van der Waals surface area contributed by atoms with Gasteiger partial charge in [0.15, 0.2) is 5.96 Å². The van der Waals surface area contributed by atoms with Crippen LogP contribution in [0.25, 0.3) is 10.8 Å². The summed E-state index contributed by atoms with van der Waals surface area (Å²) < 4.78 is 11.5. The molecule has 27 heavy (non-hydrogen) atoms. The van der Waals surface area contributed by atoms with Crippen molar-refractivity contribution in [2.75, 3.05) is 19.7 Å². The molecule has 0 fully saturated rings. The van der Waals surface area contributed by atoms with Gasteiger partial charge in [0.1, 0.15) is 24.7 Å². The first-order valence-electron chi connectivity index (χ1n) is 9.23. The number of nitrogens with zero attached hydrogens (tertiary/aromatic N) is 2. The van der Waals surface area contributed by atoms with Crippen molar-refractivity contribution in [2.24, 2.45) is 4.99 Å². The van der Waals surface area contributed by atoms with Crippen LogP contribution in [0.4, 0.5) is 0 Å². The molecule has 2 aromatic carbocycles. The van der Waals surface area contributed by atoms with E-state index in [2.05, 4.69) is 38.8 Å². The lowest BCUT2D eigenvalue weighted by atomic mass is 10.1. The van der Waals surface area contributed by atoms with E-state index in [4.69, 9.17) is 9.15 Å². The van der Waals surface area contributed by atoms with Gasteiger partial charge in [-0.2, -0.15) is 0 Å². The number of aliphatic imine (C=N–C) groups is 1. The van der Waals surface area contributed by atoms with Gasteiger partial charge in [-0.3, -0.25) is 0 Å². The number of hydrogen-bond acceptors (Lipinski definition) is 4. The van der Waals surface area contributed by atoms with E-state index < -0.39 is 0 Å². The van der Waals surface area contributed by atoms with Crippen LogP contribution in [0, 0.1) is 13.8 Å². The first-order valence-corrected chi connectivity index (χ1v) is 9.23. The zero-order chi connectivity index (χ0) is 19.1. The minimum absolute atomic E-state index is 0.397. The molecule has 1 aromatic heterocycles. The van der Waals surface area contributed by atoms with E-state index in [0.29, 0.717) is 31.5 Å². The minimum atomic E-state index is 0.397. The Bertz CT molecular complexity index is 893. The summed E-state index contributed by atoms with van der Waals surface area (Å²) in [5.74, 6) is 3.06. The number of nitrogens with one attached hydrogen (secondary N) is 2. The number of rotatable bonds is 7. The molecule has 0 radical (unpaired) electrons. The normalized spacial score (nSPS) is 11.6. The summed E-state index contributed by atoms with van der Waals surface area (Å²) in [6.07, 6.45) is 0. The zero-order valence-electron chi connectivity index (χ0n) is 16.1. The molecule has 0 atom stereocenters. The number of fused-ring (bicyclic) bond motifs is 1. The van der Waals surface area contributed by atoms with Crippen LogP contribution in [0.5, 0.6) is 5.75 Å². The number of benzene rings is 2. The average molecular weight is 366 g/mol. The molecular weight excluding hydrogens is 340 g/mol. The van der Waals surface area contributed by atoms with Gasteiger partial charge in [-0.15, -0.1) is 0 Å². The summed E-state index contributed by atoms with van der Waals surface area (Å²) in [5.41, 5.74) is 0.904. The van der Waals surface area contributed by atoms with Crippen LogP contribution in [0.3, 0.4) is 0 Å². The molecule has 0 aliphatic rings. The smallest absolute Gasteiger partial charge is 0.216 e. The number of aryl methyl sites for hydroxylation is 2. The predicted molar refractivity (Wildman–Crippen MR) is 108 cm³/mol. The highest BCUT2D eigenvalue weighted by atomic mass is 16.5. The summed E-state index contributed by atoms with van der Waals surface area (Å²) in [4.78, 5) is 8.87. The molecule has 0 amide bonds. The van der Waals surface area contributed by atoms with Crippen molar-refractivity contribution >= 4 is 16.7 Å². The van der Waals surface area contributed by atoms with E-state index in [1.54, 1.807) is 0 Å². The Kier molecular flexibility index (Phi) is 6.30. The zero-order valence-corrected chi connectivity index (χ0v) is 16.1. The second kappa shape index (κ2) is 9.07. The molecule has 0 aliphatic heterocycles. The van der Waals surface area contributed by atoms with Gasteiger partial charge in [0.05, 0.1) is 12.2 Å². The van der Waals surface area contributed by atoms with Crippen molar-refractivity contribution in [1.82, 2.24) is 15.6 Å². The molecular formula is C21H26N4O2. The Labute approximate surface area is 159 Å². The first kappa shape index (κ1) is 18.8. The van der Waals surface area contributed by atoms with Gasteiger partial charge in [0.2, 0.25) is 5.89 Å². The molecule has 142 valence electrons. The monoisotopic (exact) mass is 366 g/mol. The molecule has 1 heterocycles. The van der Waals surface area contributed by atoms with Gasteiger partial charge < -0.3 is 19.8 Å². The number of ether oxygens (including phenoxy) is 1. The van der Waals surface area contributed by atoms with Crippen molar-refractivity contribution in [3.63, 3.8) is 0 Å². The average Bonchev–Trinajstić information content (AvgIpc) is 3.01. The fourth-order valence-corrected chi connectivity index (χ4v) is 2.75. The van der Waals surface area contributed by atoms with Gasteiger partial charge >= 0.3 is 0 Å². The summed E-state index contributed by atoms with van der Waals surface area (Å²) in [5, 5.41) is 8.79. The van der Waals surface area contributed by atoms with E-state index in [1.807, 2.05) is 45.0 Å². The lowest BCUT2D eigenvalue weighted by Crippen LogP contribution is -2.39. The number of oxazole rings is 1. The summed E-state index contributed by atoms with van der Waals surface area (Å²) in [6.45, 7) is 8.22. The maximum atomic E-state index is 5.95. The summed E-state index contributed by atoms with van der Waals surface area (Å²) in [6, 6.07) is 14.3. The topological polar surface area (TPSA) is 71.7 Å².